The van der Waals surface area contributed by atoms with Gasteiger partial charge in [-0.15, -0.1) is 0 Å². The van der Waals surface area contributed by atoms with Gasteiger partial charge in [0.05, 0.1) is 17.5 Å². The highest BCUT2D eigenvalue weighted by atomic mass is 16.1. The highest BCUT2D eigenvalue weighted by Crippen LogP contribution is 2.13. The lowest BCUT2D eigenvalue weighted by Crippen LogP contribution is -2.47. The van der Waals surface area contributed by atoms with E-state index in [9.17, 15) is 4.79 Å². The van der Waals surface area contributed by atoms with Crippen LogP contribution in [0.3, 0.4) is 0 Å². The molecule has 1 aliphatic heterocycles. The van der Waals surface area contributed by atoms with Gasteiger partial charge in [0, 0.05) is 38.6 Å². The maximum Gasteiger partial charge on any atom is 0.254 e. The number of amides is 1. The number of carbonyl (C=O) groups is 1. The van der Waals surface area contributed by atoms with E-state index < -0.39 is 0 Å². The Hall–Kier alpha value is -2.21. The fourth-order valence-corrected chi connectivity index (χ4v) is 2.84. The summed E-state index contributed by atoms with van der Waals surface area (Å²) in [4.78, 5) is 18.9. The molecule has 1 atom stereocenters. The van der Waals surface area contributed by atoms with Gasteiger partial charge in [-0.1, -0.05) is 6.07 Å². The molecule has 1 N–H and O–H groups in total. The average molecular weight is 299 g/mol. The van der Waals surface area contributed by atoms with Gasteiger partial charge in [0.15, 0.2) is 0 Å². The van der Waals surface area contributed by atoms with Crippen LogP contribution in [0.1, 0.15) is 28.9 Å². The molecule has 1 saturated heterocycles. The van der Waals surface area contributed by atoms with Gasteiger partial charge in [0.1, 0.15) is 0 Å². The summed E-state index contributed by atoms with van der Waals surface area (Å²) in [5.41, 5.74) is 1.69. The molecule has 2 aromatic rings. The Morgan fingerprint density at radius 2 is 2.36 bits per heavy atom. The third-order valence-electron chi connectivity index (χ3n) is 3.92. The van der Waals surface area contributed by atoms with Gasteiger partial charge in [-0.05, 0) is 31.5 Å². The van der Waals surface area contributed by atoms with Gasteiger partial charge < -0.3 is 5.32 Å². The zero-order valence-electron chi connectivity index (χ0n) is 12.8. The highest BCUT2D eigenvalue weighted by Gasteiger charge is 2.22. The number of piperidine rings is 1. The third kappa shape index (κ3) is 3.71. The van der Waals surface area contributed by atoms with Gasteiger partial charge in [0.25, 0.3) is 5.91 Å². The van der Waals surface area contributed by atoms with Gasteiger partial charge >= 0.3 is 0 Å². The van der Waals surface area contributed by atoms with Crippen LogP contribution in [0.25, 0.3) is 0 Å². The normalized spacial score (nSPS) is 19.0. The molecular formula is C16H21N5O. The first-order valence-corrected chi connectivity index (χ1v) is 7.62. The van der Waals surface area contributed by atoms with Gasteiger partial charge in [-0.3, -0.25) is 19.4 Å². The molecule has 2 aromatic heterocycles. The van der Waals surface area contributed by atoms with Crippen LogP contribution < -0.4 is 5.32 Å². The Labute approximate surface area is 130 Å². The summed E-state index contributed by atoms with van der Waals surface area (Å²) in [7, 11) is 1.81. The number of nitrogens with zero attached hydrogens (tertiary/aromatic N) is 4. The second-order valence-corrected chi connectivity index (χ2v) is 5.77. The highest BCUT2D eigenvalue weighted by molar-refractivity contribution is 5.93. The first kappa shape index (κ1) is 14.7. The van der Waals surface area contributed by atoms with Gasteiger partial charge in [-0.2, -0.15) is 5.10 Å². The summed E-state index contributed by atoms with van der Waals surface area (Å²) >= 11 is 0. The molecule has 1 fully saturated rings. The summed E-state index contributed by atoms with van der Waals surface area (Å²) < 4.78 is 1.64. The minimum Gasteiger partial charge on any atom is -0.348 e. The molecule has 0 bridgehead atoms. The van der Waals surface area contributed by atoms with Crippen LogP contribution in [0.2, 0.25) is 0 Å². The number of rotatable bonds is 4. The van der Waals surface area contributed by atoms with Crippen molar-refractivity contribution in [3.63, 3.8) is 0 Å². The molecule has 0 aromatic carbocycles. The molecule has 1 unspecified atom stereocenters. The van der Waals surface area contributed by atoms with Crippen LogP contribution in [0.5, 0.6) is 0 Å². The van der Waals surface area contributed by atoms with E-state index in [0.717, 1.165) is 38.2 Å². The molecule has 0 spiro atoms. The van der Waals surface area contributed by atoms with Crippen molar-refractivity contribution in [3.8, 4) is 0 Å². The Balaban J connectivity index is 1.55. The van der Waals surface area contributed by atoms with E-state index in [4.69, 9.17) is 0 Å². The standard InChI is InChI=1S/C16H21N5O/c1-20-10-13(9-18-20)16(22)19-15-6-4-8-21(12-15)11-14-5-2-3-7-17-14/h2-3,5,7,9-10,15H,4,6,8,11-12H2,1H3,(H,19,22). The average Bonchev–Trinajstić information content (AvgIpc) is 2.95. The molecule has 6 heteroatoms. The maximum atomic E-state index is 12.2. The Morgan fingerprint density at radius 1 is 1.45 bits per heavy atom. The Morgan fingerprint density at radius 3 is 3.09 bits per heavy atom. The van der Waals surface area contributed by atoms with E-state index in [0.29, 0.717) is 5.56 Å². The smallest absolute Gasteiger partial charge is 0.254 e. The summed E-state index contributed by atoms with van der Waals surface area (Å²) in [5.74, 6) is -0.0437. The molecule has 0 saturated carbocycles. The van der Waals surface area contributed by atoms with Crippen molar-refractivity contribution in [1.29, 1.82) is 0 Å². The summed E-state index contributed by atoms with van der Waals surface area (Å²) in [6.07, 6.45) is 7.27. The minimum absolute atomic E-state index is 0.0437. The lowest BCUT2D eigenvalue weighted by molar-refractivity contribution is 0.0900. The predicted octanol–water partition coefficient (Wildman–Crippen LogP) is 1.21. The van der Waals surface area contributed by atoms with Crippen molar-refractivity contribution in [2.24, 2.45) is 7.05 Å². The van der Waals surface area contributed by atoms with Gasteiger partial charge in [-0.25, -0.2) is 0 Å². The lowest BCUT2D eigenvalue weighted by Gasteiger charge is -2.32. The Kier molecular flexibility index (Phi) is 4.48. The number of nitrogens with one attached hydrogen (secondary N) is 1. The van der Waals surface area contributed by atoms with Crippen molar-refractivity contribution < 1.29 is 4.79 Å². The maximum absolute atomic E-state index is 12.2. The molecule has 3 heterocycles. The van der Waals surface area contributed by atoms with Crippen molar-refractivity contribution in [2.75, 3.05) is 13.1 Å². The first-order valence-electron chi connectivity index (χ1n) is 7.62. The van der Waals surface area contributed by atoms with E-state index in [-0.39, 0.29) is 11.9 Å². The SMILES string of the molecule is Cn1cc(C(=O)NC2CCCN(Cc3ccccn3)C2)cn1. The predicted molar refractivity (Wildman–Crippen MR) is 83.2 cm³/mol. The van der Waals surface area contributed by atoms with Crippen LogP contribution >= 0.6 is 0 Å². The number of carbonyl (C=O) groups excluding carboxylic acids is 1. The largest absolute Gasteiger partial charge is 0.348 e. The van der Waals surface area contributed by atoms with E-state index in [2.05, 4.69) is 20.3 Å². The number of hydrogen-bond donors (Lipinski definition) is 1. The summed E-state index contributed by atoms with van der Waals surface area (Å²) in [5, 5.41) is 7.15. The molecule has 22 heavy (non-hydrogen) atoms. The molecule has 6 nitrogen and oxygen atoms in total. The van der Waals surface area contributed by atoms with Crippen LogP contribution in [0.15, 0.2) is 36.8 Å². The van der Waals surface area contributed by atoms with Crippen LogP contribution in [0.4, 0.5) is 0 Å². The minimum atomic E-state index is -0.0437. The van der Waals surface area contributed by atoms with Crippen LogP contribution in [-0.4, -0.2) is 44.7 Å². The summed E-state index contributed by atoms with van der Waals surface area (Å²) in [6, 6.07) is 6.16. The Bertz CT molecular complexity index is 624. The first-order chi connectivity index (χ1) is 10.7. The third-order valence-corrected chi connectivity index (χ3v) is 3.92. The molecule has 0 aliphatic carbocycles. The van der Waals surface area contributed by atoms with Gasteiger partial charge in [0.2, 0.25) is 0 Å². The van der Waals surface area contributed by atoms with Crippen molar-refractivity contribution in [3.05, 3.63) is 48.0 Å². The van der Waals surface area contributed by atoms with E-state index in [1.807, 2.05) is 31.4 Å². The second-order valence-electron chi connectivity index (χ2n) is 5.77. The molecule has 1 amide bonds. The number of hydrogen-bond acceptors (Lipinski definition) is 4. The number of pyridine rings is 1. The molecule has 3 rings (SSSR count). The van der Waals surface area contributed by atoms with E-state index >= 15 is 0 Å². The summed E-state index contributed by atoms with van der Waals surface area (Å²) in [6.45, 7) is 2.75. The zero-order valence-corrected chi connectivity index (χ0v) is 12.8. The number of likely N-dealkylation sites (tertiary alicyclic amines) is 1. The van der Waals surface area contributed by atoms with Crippen molar-refractivity contribution >= 4 is 5.91 Å². The second kappa shape index (κ2) is 6.70. The lowest BCUT2D eigenvalue weighted by atomic mass is 10.0. The molecular weight excluding hydrogens is 278 g/mol. The topological polar surface area (TPSA) is 63.1 Å². The van der Waals surface area contributed by atoms with Crippen LogP contribution in [0, 0.1) is 0 Å². The monoisotopic (exact) mass is 299 g/mol. The quantitative estimate of drug-likeness (QED) is 0.922. The molecule has 1 aliphatic rings. The zero-order chi connectivity index (χ0) is 15.4. The fraction of sp³-hybridized carbons (Fsp3) is 0.438. The van der Waals surface area contributed by atoms with E-state index in [1.54, 1.807) is 17.1 Å². The van der Waals surface area contributed by atoms with Crippen molar-refractivity contribution in [2.45, 2.75) is 25.4 Å². The van der Waals surface area contributed by atoms with Crippen LogP contribution in [-0.2, 0) is 13.6 Å². The number of aryl methyl sites for hydroxylation is 1. The fourth-order valence-electron chi connectivity index (χ4n) is 2.84. The number of aromatic nitrogens is 3. The molecule has 0 radical (unpaired) electrons. The molecule has 116 valence electrons. The van der Waals surface area contributed by atoms with Crippen molar-refractivity contribution in [1.82, 2.24) is 25.0 Å². The van der Waals surface area contributed by atoms with E-state index in [1.165, 1.54) is 0 Å².